The number of amides is 1. The maximum atomic E-state index is 10.9. The molecule has 0 saturated heterocycles. The minimum Gasteiger partial charge on any atom is -0.289 e. The fourth-order valence-corrected chi connectivity index (χ4v) is 2.99. The van der Waals surface area contributed by atoms with Gasteiger partial charge in [-0.2, -0.15) is 0 Å². The molecule has 0 aliphatic heterocycles. The van der Waals surface area contributed by atoms with E-state index in [9.17, 15) is 4.79 Å². The van der Waals surface area contributed by atoms with Crippen molar-refractivity contribution in [1.29, 1.82) is 0 Å². The molecule has 0 fully saturated rings. The van der Waals surface area contributed by atoms with Gasteiger partial charge in [0.2, 0.25) is 5.91 Å². The van der Waals surface area contributed by atoms with Gasteiger partial charge in [0.1, 0.15) is 0 Å². The zero-order valence-corrected chi connectivity index (χ0v) is 16.6. The Morgan fingerprint density at radius 2 is 1.62 bits per heavy atom. The molecule has 3 nitrogen and oxygen atoms in total. The number of nitrogens with zero attached hydrogens (tertiary/aromatic N) is 1. The van der Waals surface area contributed by atoms with Crippen LogP contribution in [-0.2, 0) is 4.79 Å². The average molecular weight is 349 g/mol. The van der Waals surface area contributed by atoms with Crippen LogP contribution in [0.4, 0.5) is 0 Å². The van der Waals surface area contributed by atoms with Crippen molar-refractivity contribution in [1.82, 2.24) is 5.32 Å². The van der Waals surface area contributed by atoms with Crippen LogP contribution in [0.3, 0.4) is 0 Å². The molecule has 0 spiro atoms. The van der Waals surface area contributed by atoms with Crippen LogP contribution in [0.1, 0.15) is 60.3 Å². The van der Waals surface area contributed by atoms with E-state index in [4.69, 9.17) is 6.57 Å². The zero-order valence-electron chi connectivity index (χ0n) is 15.8. The minimum atomic E-state index is -0.410. The van der Waals surface area contributed by atoms with Gasteiger partial charge in [0.05, 0.1) is 5.75 Å². The molecule has 4 heteroatoms. The summed E-state index contributed by atoms with van der Waals surface area (Å²) >= 11 is 1.68. The summed E-state index contributed by atoms with van der Waals surface area (Å²) in [4.78, 5) is 14.4. The number of nitrogens with one attached hydrogen (secondary N) is 1. The first kappa shape index (κ1) is 22.5. The van der Waals surface area contributed by atoms with Gasteiger partial charge in [0.25, 0.3) is 0 Å². The Labute approximate surface area is 152 Å². The molecule has 0 heterocycles. The van der Waals surface area contributed by atoms with E-state index < -0.39 is 6.17 Å². The molecular formula is C20H32N2OS. The highest BCUT2D eigenvalue weighted by Gasteiger charge is 2.12. The lowest BCUT2D eigenvalue weighted by Crippen LogP contribution is -2.32. The molecule has 24 heavy (non-hydrogen) atoms. The van der Waals surface area contributed by atoms with Crippen LogP contribution in [0.25, 0.3) is 4.85 Å². The van der Waals surface area contributed by atoms with Crippen LogP contribution < -0.4 is 5.32 Å². The predicted octanol–water partition coefficient (Wildman–Crippen LogP) is 5.52. The first-order chi connectivity index (χ1) is 11.3. The van der Waals surface area contributed by atoms with E-state index in [1.165, 1.54) is 23.6 Å². The Kier molecular flexibility index (Phi) is 13.1. The summed E-state index contributed by atoms with van der Waals surface area (Å²) in [5.74, 6) is 1.38. The van der Waals surface area contributed by atoms with Crippen molar-refractivity contribution in [3.05, 3.63) is 46.4 Å². The van der Waals surface area contributed by atoms with Crippen LogP contribution in [0.15, 0.2) is 34.9 Å². The topological polar surface area (TPSA) is 33.5 Å². The number of rotatable bonds is 11. The molecule has 0 bridgehead atoms. The highest BCUT2D eigenvalue weighted by Crippen LogP contribution is 2.13. The van der Waals surface area contributed by atoms with Crippen LogP contribution in [-0.4, -0.2) is 23.6 Å². The van der Waals surface area contributed by atoms with Gasteiger partial charge in [-0.3, -0.25) is 15.0 Å². The van der Waals surface area contributed by atoms with E-state index in [1.807, 2.05) is 0 Å². The SMILES string of the molecule is [C-]#[N+]C(CSCC=C(C)CCC=C(C)CCC=C(C)C)NC(C)=O. The number of hydrogen-bond acceptors (Lipinski definition) is 2. The first-order valence-corrected chi connectivity index (χ1v) is 9.66. The third-order valence-electron chi connectivity index (χ3n) is 3.47. The first-order valence-electron chi connectivity index (χ1n) is 8.51. The summed E-state index contributed by atoms with van der Waals surface area (Å²) in [7, 11) is 0. The molecule has 0 saturated carbocycles. The molecule has 0 radical (unpaired) electrons. The Hall–Kier alpha value is -1.47. The van der Waals surface area contributed by atoms with Crippen LogP contribution in [0.2, 0.25) is 0 Å². The molecule has 1 unspecified atom stereocenters. The fourth-order valence-electron chi connectivity index (χ4n) is 2.07. The summed E-state index contributed by atoms with van der Waals surface area (Å²) in [6.07, 6.45) is 10.9. The van der Waals surface area contributed by atoms with E-state index in [-0.39, 0.29) is 5.91 Å². The lowest BCUT2D eigenvalue weighted by molar-refractivity contribution is -0.119. The molecule has 134 valence electrons. The summed E-state index contributed by atoms with van der Waals surface area (Å²) in [6, 6.07) is 0. The van der Waals surface area contributed by atoms with E-state index >= 15 is 0 Å². The number of allylic oxidation sites excluding steroid dienone is 5. The Morgan fingerprint density at radius 3 is 2.17 bits per heavy atom. The second-order valence-electron chi connectivity index (χ2n) is 6.34. The fraction of sp³-hybridized carbons (Fsp3) is 0.600. The third kappa shape index (κ3) is 14.1. The Morgan fingerprint density at radius 1 is 1.04 bits per heavy atom. The van der Waals surface area contributed by atoms with Gasteiger partial charge in [0.15, 0.2) is 0 Å². The second kappa shape index (κ2) is 13.9. The number of hydrogen-bond donors (Lipinski definition) is 1. The van der Waals surface area contributed by atoms with E-state index in [1.54, 1.807) is 11.8 Å². The highest BCUT2D eigenvalue weighted by atomic mass is 32.2. The van der Waals surface area contributed by atoms with Gasteiger partial charge in [-0.25, -0.2) is 6.57 Å². The third-order valence-corrected chi connectivity index (χ3v) is 4.43. The van der Waals surface area contributed by atoms with Gasteiger partial charge in [0, 0.05) is 12.7 Å². The standard InChI is InChI=1S/C20H32N2OS/c1-16(2)9-7-10-17(3)11-8-12-18(4)13-14-24-15-20(21-6)22-19(5)23/h9,11,13,20H,7-8,10,12,14-15H2,1-5H3,(H,22,23). The minimum absolute atomic E-state index is 0.143. The van der Waals surface area contributed by atoms with Crippen LogP contribution in [0, 0.1) is 6.57 Å². The number of carbonyl (C=O) groups excluding carboxylic acids is 1. The summed E-state index contributed by atoms with van der Waals surface area (Å²) in [5, 5.41) is 2.64. The van der Waals surface area contributed by atoms with Crippen molar-refractivity contribution in [3.63, 3.8) is 0 Å². The molecule has 0 aliphatic carbocycles. The number of carbonyl (C=O) groups is 1. The van der Waals surface area contributed by atoms with Gasteiger partial charge < -0.3 is 0 Å². The van der Waals surface area contributed by atoms with Crippen molar-refractivity contribution < 1.29 is 4.79 Å². The lowest BCUT2D eigenvalue weighted by Gasteiger charge is -2.05. The van der Waals surface area contributed by atoms with Crippen molar-refractivity contribution in [2.75, 3.05) is 11.5 Å². The molecule has 0 rings (SSSR count). The van der Waals surface area contributed by atoms with Crippen molar-refractivity contribution in [3.8, 4) is 0 Å². The molecule has 1 N–H and O–H groups in total. The van der Waals surface area contributed by atoms with Crippen molar-refractivity contribution in [2.24, 2.45) is 0 Å². The molecular weight excluding hydrogens is 316 g/mol. The zero-order chi connectivity index (χ0) is 18.4. The highest BCUT2D eigenvalue weighted by molar-refractivity contribution is 7.99. The normalized spacial score (nSPS) is 13.2. The van der Waals surface area contributed by atoms with E-state index in [2.05, 4.69) is 56.1 Å². The Balaban J connectivity index is 3.97. The lowest BCUT2D eigenvalue weighted by atomic mass is 10.1. The quantitative estimate of drug-likeness (QED) is 0.303. The molecule has 0 aromatic carbocycles. The monoisotopic (exact) mass is 348 g/mol. The van der Waals surface area contributed by atoms with Gasteiger partial charge >= 0.3 is 6.17 Å². The van der Waals surface area contributed by atoms with Crippen molar-refractivity contribution >= 4 is 17.7 Å². The number of thioether (sulfide) groups is 1. The van der Waals surface area contributed by atoms with Gasteiger partial charge in [-0.1, -0.05) is 34.9 Å². The predicted molar refractivity (Wildman–Crippen MR) is 107 cm³/mol. The Bertz CT molecular complexity index is 508. The summed E-state index contributed by atoms with van der Waals surface area (Å²) in [6.45, 7) is 17.1. The van der Waals surface area contributed by atoms with E-state index in [0.29, 0.717) is 5.75 Å². The average Bonchev–Trinajstić information content (AvgIpc) is 2.49. The molecule has 1 amide bonds. The van der Waals surface area contributed by atoms with Gasteiger partial charge in [-0.05, 0) is 53.4 Å². The van der Waals surface area contributed by atoms with E-state index in [0.717, 1.165) is 31.4 Å². The van der Waals surface area contributed by atoms with Gasteiger partial charge in [-0.15, -0.1) is 11.8 Å². The largest absolute Gasteiger partial charge is 0.307 e. The maximum absolute atomic E-state index is 10.9. The second-order valence-corrected chi connectivity index (χ2v) is 7.42. The maximum Gasteiger partial charge on any atom is 0.307 e. The molecule has 1 atom stereocenters. The molecule has 0 aliphatic rings. The molecule has 0 aromatic heterocycles. The van der Waals surface area contributed by atoms with Crippen LogP contribution >= 0.6 is 11.8 Å². The van der Waals surface area contributed by atoms with Crippen molar-refractivity contribution in [2.45, 2.75) is 66.5 Å². The van der Waals surface area contributed by atoms with Crippen LogP contribution in [0.5, 0.6) is 0 Å². The smallest absolute Gasteiger partial charge is 0.289 e. The molecule has 0 aromatic rings. The summed E-state index contributed by atoms with van der Waals surface area (Å²) in [5.41, 5.74) is 4.23. The summed E-state index contributed by atoms with van der Waals surface area (Å²) < 4.78 is 0.